The van der Waals surface area contributed by atoms with E-state index < -0.39 is 5.97 Å². The average Bonchev–Trinajstić information content (AvgIpc) is 2.32. The van der Waals surface area contributed by atoms with Crippen LogP contribution in [0.2, 0.25) is 0 Å². The van der Waals surface area contributed by atoms with Gasteiger partial charge in [-0.1, -0.05) is 25.5 Å². The summed E-state index contributed by atoms with van der Waals surface area (Å²) in [5.41, 5.74) is 1.50. The number of carbonyl (C=O) groups is 1. The van der Waals surface area contributed by atoms with E-state index in [1.54, 1.807) is 12.1 Å². The van der Waals surface area contributed by atoms with E-state index in [1.165, 1.54) is 19.3 Å². The molecule has 0 heterocycles. The first kappa shape index (κ1) is 13.1. The minimum Gasteiger partial charge on any atom is -0.478 e. The summed E-state index contributed by atoms with van der Waals surface area (Å²) in [4.78, 5) is 10.7. The van der Waals surface area contributed by atoms with E-state index in [4.69, 9.17) is 5.11 Å². The fraction of sp³-hybridized carbons (Fsp3) is 0.533. The predicted octanol–water partition coefficient (Wildman–Crippen LogP) is 3.05. The summed E-state index contributed by atoms with van der Waals surface area (Å²) in [6.45, 7) is 3.05. The van der Waals surface area contributed by atoms with Crippen molar-refractivity contribution in [3.63, 3.8) is 0 Å². The van der Waals surface area contributed by atoms with Crippen LogP contribution in [0.1, 0.15) is 48.5 Å². The number of nitrogens with one attached hydrogen (secondary N) is 1. The molecule has 98 valence electrons. The largest absolute Gasteiger partial charge is 0.478 e. The molecule has 1 unspecified atom stereocenters. The molecule has 1 aromatic rings. The molecule has 2 N–H and O–H groups in total. The van der Waals surface area contributed by atoms with E-state index in [0.717, 1.165) is 24.4 Å². The number of hydrogen-bond donors (Lipinski definition) is 2. The van der Waals surface area contributed by atoms with Gasteiger partial charge in [-0.3, -0.25) is 0 Å². The van der Waals surface area contributed by atoms with Gasteiger partial charge in [-0.25, -0.2) is 4.79 Å². The van der Waals surface area contributed by atoms with Crippen molar-refractivity contribution in [2.24, 2.45) is 5.92 Å². The monoisotopic (exact) mass is 247 g/mol. The van der Waals surface area contributed by atoms with Crippen molar-refractivity contribution in [3.05, 3.63) is 35.4 Å². The van der Waals surface area contributed by atoms with Crippen molar-refractivity contribution in [1.29, 1.82) is 0 Å². The first-order valence-electron chi connectivity index (χ1n) is 6.76. The van der Waals surface area contributed by atoms with Gasteiger partial charge in [-0.15, -0.1) is 0 Å². The fourth-order valence-corrected chi connectivity index (χ4v) is 2.50. The topological polar surface area (TPSA) is 49.3 Å². The van der Waals surface area contributed by atoms with Crippen LogP contribution in [0.5, 0.6) is 0 Å². The summed E-state index contributed by atoms with van der Waals surface area (Å²) in [6, 6.07) is 7.74. The lowest BCUT2D eigenvalue weighted by Crippen LogP contribution is -2.38. The Morgan fingerprint density at radius 1 is 1.39 bits per heavy atom. The molecule has 1 atom stereocenters. The van der Waals surface area contributed by atoms with Crippen LogP contribution < -0.4 is 5.32 Å². The number of hydrogen-bond acceptors (Lipinski definition) is 2. The SMILES string of the molecule is CCC(NCc1ccc(C(=O)O)cc1)C1CCC1. The highest BCUT2D eigenvalue weighted by atomic mass is 16.4. The maximum atomic E-state index is 10.7. The molecule has 0 radical (unpaired) electrons. The zero-order chi connectivity index (χ0) is 13.0. The van der Waals surface area contributed by atoms with Crippen LogP contribution in [0, 0.1) is 5.92 Å². The molecule has 2 rings (SSSR count). The molecule has 0 saturated heterocycles. The van der Waals surface area contributed by atoms with Crippen LogP contribution >= 0.6 is 0 Å². The van der Waals surface area contributed by atoms with E-state index in [9.17, 15) is 4.79 Å². The van der Waals surface area contributed by atoms with Crippen molar-refractivity contribution in [3.8, 4) is 0 Å². The van der Waals surface area contributed by atoms with Crippen molar-refractivity contribution in [2.75, 3.05) is 0 Å². The molecule has 0 amide bonds. The second-order valence-corrected chi connectivity index (χ2v) is 5.09. The van der Waals surface area contributed by atoms with Crippen LogP contribution in [0.4, 0.5) is 0 Å². The Morgan fingerprint density at radius 2 is 2.06 bits per heavy atom. The van der Waals surface area contributed by atoms with Crippen molar-refractivity contribution in [1.82, 2.24) is 5.32 Å². The molecular formula is C15H21NO2. The third-order valence-corrected chi connectivity index (χ3v) is 3.93. The van der Waals surface area contributed by atoms with Crippen molar-refractivity contribution >= 4 is 5.97 Å². The lowest BCUT2D eigenvalue weighted by Gasteiger charge is -2.34. The number of benzene rings is 1. The van der Waals surface area contributed by atoms with Crippen molar-refractivity contribution < 1.29 is 9.90 Å². The number of carboxylic acid groups (broad SMARTS) is 1. The summed E-state index contributed by atoms with van der Waals surface area (Å²) in [5, 5.41) is 12.4. The van der Waals surface area contributed by atoms with Crippen LogP contribution in [-0.2, 0) is 6.54 Å². The minimum atomic E-state index is -0.865. The average molecular weight is 247 g/mol. The first-order chi connectivity index (χ1) is 8.70. The van der Waals surface area contributed by atoms with Crippen LogP contribution in [0.3, 0.4) is 0 Å². The Bertz CT molecular complexity index is 395. The number of aromatic carboxylic acids is 1. The molecule has 1 aromatic carbocycles. The van der Waals surface area contributed by atoms with E-state index in [1.807, 2.05) is 12.1 Å². The van der Waals surface area contributed by atoms with Gasteiger partial charge in [0.05, 0.1) is 5.56 Å². The minimum absolute atomic E-state index is 0.352. The van der Waals surface area contributed by atoms with Gasteiger partial charge >= 0.3 is 5.97 Å². The molecule has 0 bridgehead atoms. The number of rotatable bonds is 6. The second-order valence-electron chi connectivity index (χ2n) is 5.09. The summed E-state index contributed by atoms with van der Waals surface area (Å²) in [7, 11) is 0. The van der Waals surface area contributed by atoms with Crippen molar-refractivity contribution in [2.45, 2.75) is 45.2 Å². The molecule has 1 fully saturated rings. The van der Waals surface area contributed by atoms with E-state index in [-0.39, 0.29) is 0 Å². The lowest BCUT2D eigenvalue weighted by atomic mass is 9.79. The quantitative estimate of drug-likeness (QED) is 0.812. The lowest BCUT2D eigenvalue weighted by molar-refractivity contribution is 0.0697. The maximum Gasteiger partial charge on any atom is 0.335 e. The van der Waals surface area contributed by atoms with E-state index in [0.29, 0.717) is 11.6 Å². The standard InChI is InChI=1S/C15H21NO2/c1-2-14(12-4-3-5-12)16-10-11-6-8-13(9-7-11)15(17)18/h6-9,12,14,16H,2-5,10H2,1H3,(H,17,18). The predicted molar refractivity (Wildman–Crippen MR) is 71.7 cm³/mol. The van der Waals surface area contributed by atoms with Gasteiger partial charge in [0.2, 0.25) is 0 Å². The van der Waals surface area contributed by atoms with Gasteiger partial charge in [0.15, 0.2) is 0 Å². The Hall–Kier alpha value is -1.35. The Kier molecular flexibility index (Phi) is 4.37. The smallest absolute Gasteiger partial charge is 0.335 e. The van der Waals surface area contributed by atoms with E-state index in [2.05, 4.69) is 12.2 Å². The summed E-state index contributed by atoms with van der Waals surface area (Å²) in [5.74, 6) is -0.0243. The van der Waals surface area contributed by atoms with Crippen LogP contribution in [-0.4, -0.2) is 17.1 Å². The normalized spacial score (nSPS) is 17.2. The van der Waals surface area contributed by atoms with E-state index >= 15 is 0 Å². The molecule has 0 aliphatic heterocycles. The highest BCUT2D eigenvalue weighted by molar-refractivity contribution is 5.87. The second kappa shape index (κ2) is 6.01. The summed E-state index contributed by atoms with van der Waals surface area (Å²) in [6.07, 6.45) is 5.24. The molecular weight excluding hydrogens is 226 g/mol. The summed E-state index contributed by atoms with van der Waals surface area (Å²) < 4.78 is 0. The Morgan fingerprint density at radius 3 is 2.50 bits per heavy atom. The Labute approximate surface area is 108 Å². The third kappa shape index (κ3) is 3.10. The van der Waals surface area contributed by atoms with Crippen LogP contribution in [0.25, 0.3) is 0 Å². The van der Waals surface area contributed by atoms with Gasteiger partial charge in [-0.2, -0.15) is 0 Å². The maximum absolute atomic E-state index is 10.7. The Balaban J connectivity index is 1.86. The molecule has 0 spiro atoms. The zero-order valence-electron chi connectivity index (χ0n) is 10.9. The van der Waals surface area contributed by atoms with Gasteiger partial charge in [0, 0.05) is 12.6 Å². The first-order valence-corrected chi connectivity index (χ1v) is 6.76. The molecule has 3 nitrogen and oxygen atoms in total. The summed E-state index contributed by atoms with van der Waals surface area (Å²) >= 11 is 0. The molecule has 3 heteroatoms. The van der Waals surface area contributed by atoms with Gasteiger partial charge in [-0.05, 0) is 42.9 Å². The molecule has 1 saturated carbocycles. The van der Waals surface area contributed by atoms with Gasteiger partial charge in [0.25, 0.3) is 0 Å². The third-order valence-electron chi connectivity index (χ3n) is 3.93. The molecule has 1 aliphatic rings. The van der Waals surface area contributed by atoms with Crippen LogP contribution in [0.15, 0.2) is 24.3 Å². The molecule has 18 heavy (non-hydrogen) atoms. The van der Waals surface area contributed by atoms with Gasteiger partial charge < -0.3 is 10.4 Å². The fourth-order valence-electron chi connectivity index (χ4n) is 2.50. The zero-order valence-corrected chi connectivity index (χ0v) is 10.9. The molecule has 1 aliphatic carbocycles. The highest BCUT2D eigenvalue weighted by Crippen LogP contribution is 2.30. The highest BCUT2D eigenvalue weighted by Gasteiger charge is 2.25. The molecule has 0 aromatic heterocycles. The number of carboxylic acids is 1. The van der Waals surface area contributed by atoms with Gasteiger partial charge in [0.1, 0.15) is 0 Å².